The molecule has 0 fully saturated rings. The van der Waals surface area contributed by atoms with Crippen LogP contribution in [0.4, 0.5) is 18.9 Å². The molecule has 1 aliphatic rings. The van der Waals surface area contributed by atoms with Gasteiger partial charge in [-0.25, -0.2) is 0 Å². The highest BCUT2D eigenvalue weighted by Gasteiger charge is 2.29. The van der Waals surface area contributed by atoms with Gasteiger partial charge in [-0.3, -0.25) is 4.79 Å². The summed E-state index contributed by atoms with van der Waals surface area (Å²) in [6.45, 7) is 2.89. The maximum atomic E-state index is 12.4. The number of halogens is 3. The second-order valence-corrected chi connectivity index (χ2v) is 8.59. The number of alkyl halides is 3. The number of benzene rings is 2. The van der Waals surface area contributed by atoms with Crippen molar-refractivity contribution in [3.8, 4) is 11.5 Å². The summed E-state index contributed by atoms with van der Waals surface area (Å²) in [5, 5.41) is 12.5. The van der Waals surface area contributed by atoms with Crippen molar-refractivity contribution in [1.29, 1.82) is 0 Å². The molecule has 1 amide bonds. The maximum Gasteiger partial charge on any atom is 0.422 e. The molecule has 2 aromatic rings. The molecule has 0 spiro atoms. The molecule has 192 valence electrons. The van der Waals surface area contributed by atoms with Crippen LogP contribution in [-0.2, 0) is 12.8 Å². The molecule has 0 saturated carbocycles. The van der Waals surface area contributed by atoms with Gasteiger partial charge >= 0.3 is 6.18 Å². The molecule has 0 saturated heterocycles. The fourth-order valence-corrected chi connectivity index (χ4v) is 4.22. The first kappa shape index (κ1) is 26.6. The number of hydrogen-bond donors (Lipinski definition) is 3. The SMILES string of the molecule is C[C@@H](Cc1cc2c(c(C(N)=O)c1)N(CCCO)CC2)NCCOc1ccccc1OCC(F)(F)F. The van der Waals surface area contributed by atoms with Crippen LogP contribution < -0.4 is 25.4 Å². The second kappa shape index (κ2) is 12.1. The Balaban J connectivity index is 1.53. The molecule has 0 aliphatic carbocycles. The zero-order valence-corrected chi connectivity index (χ0v) is 19.7. The number of nitrogens with two attached hydrogens (primary N) is 1. The molecule has 0 radical (unpaired) electrons. The lowest BCUT2D eigenvalue weighted by Gasteiger charge is -2.22. The van der Waals surface area contributed by atoms with Gasteiger partial charge in [0.25, 0.3) is 5.91 Å². The zero-order chi connectivity index (χ0) is 25.4. The van der Waals surface area contributed by atoms with Gasteiger partial charge in [-0.15, -0.1) is 0 Å². The van der Waals surface area contributed by atoms with Crippen molar-refractivity contribution >= 4 is 11.6 Å². The van der Waals surface area contributed by atoms with Crippen LogP contribution >= 0.6 is 0 Å². The molecule has 35 heavy (non-hydrogen) atoms. The van der Waals surface area contributed by atoms with Crippen LogP contribution in [0.3, 0.4) is 0 Å². The molecule has 0 aromatic heterocycles. The number of nitrogens with one attached hydrogen (secondary N) is 1. The summed E-state index contributed by atoms with van der Waals surface area (Å²) in [6.07, 6.45) is -2.31. The number of ether oxygens (including phenoxy) is 2. The van der Waals surface area contributed by atoms with Gasteiger partial charge in [-0.2, -0.15) is 13.2 Å². The number of aliphatic hydroxyl groups is 1. The van der Waals surface area contributed by atoms with Crippen molar-refractivity contribution in [1.82, 2.24) is 5.32 Å². The molecule has 1 heterocycles. The van der Waals surface area contributed by atoms with Crippen molar-refractivity contribution in [2.75, 3.05) is 44.4 Å². The average Bonchev–Trinajstić information content (AvgIpc) is 3.21. The van der Waals surface area contributed by atoms with E-state index in [9.17, 15) is 18.0 Å². The van der Waals surface area contributed by atoms with Crippen LogP contribution in [-0.4, -0.2) is 62.7 Å². The molecule has 0 unspecified atom stereocenters. The Morgan fingerprint density at radius 2 is 1.94 bits per heavy atom. The van der Waals surface area contributed by atoms with E-state index in [4.69, 9.17) is 20.3 Å². The Kier molecular flexibility index (Phi) is 9.22. The van der Waals surface area contributed by atoms with Crippen molar-refractivity contribution in [3.05, 3.63) is 53.1 Å². The molecule has 7 nitrogen and oxygen atoms in total. The summed E-state index contributed by atoms with van der Waals surface area (Å²) in [7, 11) is 0. The minimum Gasteiger partial charge on any atom is -0.488 e. The molecule has 10 heteroatoms. The first-order valence-electron chi connectivity index (χ1n) is 11.6. The summed E-state index contributed by atoms with van der Waals surface area (Å²) < 4.78 is 47.8. The summed E-state index contributed by atoms with van der Waals surface area (Å²) in [6, 6.07) is 10.2. The lowest BCUT2D eigenvalue weighted by atomic mass is 9.98. The lowest BCUT2D eigenvalue weighted by Crippen LogP contribution is -2.32. The first-order valence-corrected chi connectivity index (χ1v) is 11.6. The van der Waals surface area contributed by atoms with Gasteiger partial charge in [0.1, 0.15) is 6.61 Å². The van der Waals surface area contributed by atoms with Crippen molar-refractivity contribution in [2.24, 2.45) is 5.73 Å². The highest BCUT2D eigenvalue weighted by molar-refractivity contribution is 6.00. The minimum atomic E-state index is -4.42. The van der Waals surface area contributed by atoms with Crippen LogP contribution in [0.5, 0.6) is 11.5 Å². The lowest BCUT2D eigenvalue weighted by molar-refractivity contribution is -0.153. The molecular weight excluding hydrogens is 463 g/mol. The average molecular weight is 496 g/mol. The number of para-hydroxylation sites is 2. The first-order chi connectivity index (χ1) is 16.7. The Labute approximate surface area is 203 Å². The van der Waals surface area contributed by atoms with E-state index >= 15 is 0 Å². The monoisotopic (exact) mass is 495 g/mol. The molecular formula is C25H32F3N3O4. The summed E-state index contributed by atoms with van der Waals surface area (Å²) in [4.78, 5) is 14.2. The number of fused-ring (bicyclic) bond motifs is 1. The third kappa shape index (κ3) is 7.76. The van der Waals surface area contributed by atoms with Gasteiger partial charge in [0.05, 0.1) is 11.3 Å². The topological polar surface area (TPSA) is 97.1 Å². The Morgan fingerprint density at radius 3 is 2.60 bits per heavy atom. The predicted molar refractivity (Wildman–Crippen MR) is 127 cm³/mol. The summed E-state index contributed by atoms with van der Waals surface area (Å²) >= 11 is 0. The van der Waals surface area contributed by atoms with Crippen molar-refractivity contribution in [3.63, 3.8) is 0 Å². The Hall–Kier alpha value is -2.98. The van der Waals surface area contributed by atoms with Crippen molar-refractivity contribution in [2.45, 2.75) is 38.4 Å². The van der Waals surface area contributed by atoms with E-state index in [1.807, 2.05) is 13.0 Å². The number of amides is 1. The molecule has 3 rings (SSSR count). The van der Waals surface area contributed by atoms with E-state index in [0.29, 0.717) is 31.5 Å². The molecule has 0 bridgehead atoms. The van der Waals surface area contributed by atoms with Crippen molar-refractivity contribution < 1.29 is 32.5 Å². The second-order valence-electron chi connectivity index (χ2n) is 8.59. The van der Waals surface area contributed by atoms with Crippen LogP contribution in [0.15, 0.2) is 36.4 Å². The van der Waals surface area contributed by atoms with Gasteiger partial charge in [0.2, 0.25) is 0 Å². The van der Waals surface area contributed by atoms with Gasteiger partial charge in [-0.1, -0.05) is 18.2 Å². The smallest absolute Gasteiger partial charge is 0.422 e. The largest absolute Gasteiger partial charge is 0.488 e. The van der Waals surface area contributed by atoms with E-state index in [2.05, 4.69) is 16.3 Å². The number of carbonyl (C=O) groups excluding carboxylic acids is 1. The number of nitrogens with zero attached hydrogens (tertiary/aromatic N) is 1. The molecule has 2 aromatic carbocycles. The fraction of sp³-hybridized carbons (Fsp3) is 0.480. The number of primary amides is 1. The van der Waals surface area contributed by atoms with Gasteiger partial charge in [-0.05, 0) is 55.5 Å². The summed E-state index contributed by atoms with van der Waals surface area (Å²) in [5.74, 6) is -0.177. The predicted octanol–water partition coefficient (Wildman–Crippen LogP) is 3.07. The van der Waals surface area contributed by atoms with Crippen LogP contribution in [0.1, 0.15) is 34.8 Å². The van der Waals surface area contributed by atoms with Crippen LogP contribution in [0.25, 0.3) is 0 Å². The highest BCUT2D eigenvalue weighted by Crippen LogP contribution is 2.33. The standard InChI is InChI=1S/C25H32F3N3O4/c1-17(30-8-12-34-21-5-2-3-6-22(21)35-16-25(26,27)28)13-18-14-19-7-10-31(9-4-11-32)23(19)20(15-18)24(29)33/h2-3,5-6,14-15,17,30,32H,4,7-13,16H2,1H3,(H2,29,33)/t17-/m0/s1. The van der Waals surface area contributed by atoms with Crippen LogP contribution in [0, 0.1) is 0 Å². The van der Waals surface area contributed by atoms with Gasteiger partial charge < -0.3 is 30.5 Å². The quantitative estimate of drug-likeness (QED) is 0.370. The van der Waals surface area contributed by atoms with E-state index in [1.54, 1.807) is 18.2 Å². The Morgan fingerprint density at radius 1 is 1.23 bits per heavy atom. The van der Waals surface area contributed by atoms with Crippen LogP contribution in [0.2, 0.25) is 0 Å². The third-order valence-corrected chi connectivity index (χ3v) is 5.70. The Bertz CT molecular complexity index is 1000. The van der Waals surface area contributed by atoms with E-state index < -0.39 is 18.7 Å². The summed E-state index contributed by atoms with van der Waals surface area (Å²) in [5.41, 5.74) is 9.12. The number of carbonyl (C=O) groups is 1. The minimum absolute atomic E-state index is 0.0445. The number of aliphatic hydroxyl groups excluding tert-OH is 1. The maximum absolute atomic E-state index is 12.4. The zero-order valence-electron chi connectivity index (χ0n) is 19.7. The number of hydrogen-bond acceptors (Lipinski definition) is 6. The normalized spacial score (nSPS) is 14.0. The van der Waals surface area contributed by atoms with Gasteiger partial charge in [0, 0.05) is 32.3 Å². The third-order valence-electron chi connectivity index (χ3n) is 5.70. The van der Waals surface area contributed by atoms with Gasteiger partial charge in [0.15, 0.2) is 18.1 Å². The van der Waals surface area contributed by atoms with E-state index in [-0.39, 0.29) is 30.8 Å². The molecule has 1 atom stereocenters. The molecule has 4 N–H and O–H groups in total. The fourth-order valence-electron chi connectivity index (χ4n) is 4.22. The number of anilines is 1. The van der Waals surface area contributed by atoms with E-state index in [1.165, 1.54) is 6.07 Å². The van der Waals surface area contributed by atoms with E-state index in [0.717, 1.165) is 29.8 Å². The number of rotatable bonds is 13. The highest BCUT2D eigenvalue weighted by atomic mass is 19.4. The molecule has 1 aliphatic heterocycles.